The van der Waals surface area contributed by atoms with Gasteiger partial charge in [0.1, 0.15) is 0 Å². The number of hydrogen-bond acceptors (Lipinski definition) is 6. The number of alkyl carbamates (subject to hydrolysis) is 1. The predicted molar refractivity (Wildman–Crippen MR) is 107 cm³/mol. The van der Waals surface area contributed by atoms with Crippen LogP contribution in [0.3, 0.4) is 0 Å². The molecule has 0 bridgehead atoms. The molecule has 1 aliphatic carbocycles. The molecule has 0 unspecified atom stereocenters. The highest BCUT2D eigenvalue weighted by Crippen LogP contribution is 2.41. The monoisotopic (exact) mass is 389 g/mol. The Labute approximate surface area is 166 Å². The molecular weight excluding hydrogens is 358 g/mol. The van der Waals surface area contributed by atoms with E-state index in [0.717, 1.165) is 62.1 Å². The summed E-state index contributed by atoms with van der Waals surface area (Å²) < 4.78 is 15.9. The van der Waals surface area contributed by atoms with Crippen LogP contribution in [-0.4, -0.2) is 63.7 Å². The number of amides is 1. The third-order valence-electron chi connectivity index (χ3n) is 6.30. The SMILES string of the molecule is COC(=O)NC1CCC(CCN2CCN(c3cccc4c3OCO4)CC2)CC1. The first-order valence-corrected chi connectivity index (χ1v) is 10.4. The largest absolute Gasteiger partial charge is 0.454 e. The second-order valence-corrected chi connectivity index (χ2v) is 7.98. The van der Waals surface area contributed by atoms with Crippen molar-refractivity contribution in [2.75, 3.05) is 51.5 Å². The van der Waals surface area contributed by atoms with E-state index in [1.54, 1.807) is 0 Å². The number of piperazine rings is 1. The van der Waals surface area contributed by atoms with Crippen LogP contribution in [0.1, 0.15) is 32.1 Å². The summed E-state index contributed by atoms with van der Waals surface area (Å²) in [6, 6.07) is 6.42. The number of nitrogens with one attached hydrogen (secondary N) is 1. The van der Waals surface area contributed by atoms with E-state index in [1.165, 1.54) is 32.9 Å². The predicted octanol–water partition coefficient (Wildman–Crippen LogP) is 2.84. The van der Waals surface area contributed by atoms with Crippen molar-refractivity contribution in [1.82, 2.24) is 10.2 Å². The van der Waals surface area contributed by atoms with Crippen LogP contribution in [0.15, 0.2) is 18.2 Å². The summed E-state index contributed by atoms with van der Waals surface area (Å²) in [6.45, 7) is 5.71. The molecule has 154 valence electrons. The zero-order chi connectivity index (χ0) is 19.3. The van der Waals surface area contributed by atoms with Gasteiger partial charge in [-0.05, 0) is 56.7 Å². The van der Waals surface area contributed by atoms with E-state index in [9.17, 15) is 4.79 Å². The van der Waals surface area contributed by atoms with Crippen LogP contribution in [0.25, 0.3) is 0 Å². The Morgan fingerprint density at radius 1 is 1.14 bits per heavy atom. The van der Waals surface area contributed by atoms with E-state index < -0.39 is 0 Å². The minimum absolute atomic E-state index is 0.283. The number of nitrogens with zero attached hydrogens (tertiary/aromatic N) is 2. The molecular formula is C21H31N3O4. The number of fused-ring (bicyclic) bond motifs is 1. The van der Waals surface area contributed by atoms with E-state index in [4.69, 9.17) is 14.2 Å². The van der Waals surface area contributed by atoms with Crippen molar-refractivity contribution >= 4 is 11.8 Å². The molecule has 3 aliphatic rings. The number of carbonyl (C=O) groups excluding carboxylic acids is 1. The Hall–Kier alpha value is -2.15. The number of rotatable bonds is 5. The number of hydrogen-bond donors (Lipinski definition) is 1. The molecule has 1 aromatic rings. The van der Waals surface area contributed by atoms with Gasteiger partial charge in [0.2, 0.25) is 6.79 Å². The fraction of sp³-hybridized carbons (Fsp3) is 0.667. The van der Waals surface area contributed by atoms with Crippen molar-refractivity contribution in [2.45, 2.75) is 38.1 Å². The molecule has 2 fully saturated rings. The Morgan fingerprint density at radius 3 is 2.68 bits per heavy atom. The molecule has 0 atom stereocenters. The highest BCUT2D eigenvalue weighted by Gasteiger charge is 2.26. The van der Waals surface area contributed by atoms with E-state index in [0.29, 0.717) is 6.79 Å². The molecule has 1 saturated carbocycles. The molecule has 0 radical (unpaired) electrons. The molecule has 1 saturated heterocycles. The lowest BCUT2D eigenvalue weighted by Gasteiger charge is -2.37. The summed E-state index contributed by atoms with van der Waals surface area (Å²) in [5.74, 6) is 2.53. The van der Waals surface area contributed by atoms with Gasteiger partial charge in [-0.3, -0.25) is 4.90 Å². The van der Waals surface area contributed by atoms with Crippen LogP contribution < -0.4 is 19.7 Å². The lowest BCUT2D eigenvalue weighted by Crippen LogP contribution is -2.47. The normalized spacial score (nSPS) is 24.8. The number of anilines is 1. The maximum Gasteiger partial charge on any atom is 0.407 e. The second-order valence-electron chi connectivity index (χ2n) is 7.98. The first-order valence-electron chi connectivity index (χ1n) is 10.4. The topological polar surface area (TPSA) is 63.3 Å². The fourth-order valence-electron chi connectivity index (χ4n) is 4.56. The summed E-state index contributed by atoms with van der Waals surface area (Å²) in [5.41, 5.74) is 1.16. The number of carbonyl (C=O) groups is 1. The van der Waals surface area contributed by atoms with Crippen LogP contribution in [0.2, 0.25) is 0 Å². The highest BCUT2D eigenvalue weighted by atomic mass is 16.7. The Kier molecular flexibility index (Phi) is 6.10. The van der Waals surface area contributed by atoms with Gasteiger partial charge in [-0.2, -0.15) is 0 Å². The third kappa shape index (κ3) is 4.46. The summed E-state index contributed by atoms with van der Waals surface area (Å²) in [7, 11) is 1.42. The van der Waals surface area contributed by atoms with Crippen LogP contribution in [0, 0.1) is 5.92 Å². The van der Waals surface area contributed by atoms with Crippen molar-refractivity contribution in [3.8, 4) is 11.5 Å². The number of methoxy groups -OCH3 is 1. The smallest absolute Gasteiger partial charge is 0.407 e. The van der Waals surface area contributed by atoms with Crippen molar-refractivity contribution in [2.24, 2.45) is 5.92 Å². The van der Waals surface area contributed by atoms with Crippen molar-refractivity contribution in [3.05, 3.63) is 18.2 Å². The molecule has 0 spiro atoms. The summed E-state index contributed by atoms with van der Waals surface area (Å²) in [6.07, 6.45) is 5.47. The molecule has 1 N–H and O–H groups in total. The van der Waals surface area contributed by atoms with Gasteiger partial charge < -0.3 is 24.4 Å². The van der Waals surface area contributed by atoms with Gasteiger partial charge in [0.15, 0.2) is 11.5 Å². The molecule has 7 nitrogen and oxygen atoms in total. The Balaban J connectivity index is 1.18. The van der Waals surface area contributed by atoms with Gasteiger partial charge in [-0.15, -0.1) is 0 Å². The zero-order valence-electron chi connectivity index (χ0n) is 16.7. The van der Waals surface area contributed by atoms with Crippen LogP contribution in [0.5, 0.6) is 11.5 Å². The first kappa shape index (κ1) is 19.2. The molecule has 2 aliphatic heterocycles. The fourth-order valence-corrected chi connectivity index (χ4v) is 4.56. The van der Waals surface area contributed by atoms with E-state index in [1.807, 2.05) is 12.1 Å². The summed E-state index contributed by atoms with van der Waals surface area (Å²) in [5, 5.41) is 2.94. The molecule has 1 aromatic carbocycles. The van der Waals surface area contributed by atoms with Crippen LogP contribution in [0.4, 0.5) is 10.5 Å². The third-order valence-corrected chi connectivity index (χ3v) is 6.30. The number of ether oxygens (including phenoxy) is 3. The zero-order valence-corrected chi connectivity index (χ0v) is 16.7. The average molecular weight is 389 g/mol. The molecule has 28 heavy (non-hydrogen) atoms. The van der Waals surface area contributed by atoms with E-state index in [-0.39, 0.29) is 12.1 Å². The van der Waals surface area contributed by atoms with Crippen LogP contribution in [-0.2, 0) is 4.74 Å². The second kappa shape index (κ2) is 8.90. The van der Waals surface area contributed by atoms with Gasteiger partial charge in [0.25, 0.3) is 0 Å². The summed E-state index contributed by atoms with van der Waals surface area (Å²) in [4.78, 5) is 16.3. The Bertz CT molecular complexity index is 668. The maximum atomic E-state index is 11.3. The lowest BCUT2D eigenvalue weighted by molar-refractivity contribution is 0.158. The molecule has 2 heterocycles. The van der Waals surface area contributed by atoms with E-state index in [2.05, 4.69) is 21.2 Å². The minimum Gasteiger partial charge on any atom is -0.454 e. The van der Waals surface area contributed by atoms with Crippen molar-refractivity contribution in [1.29, 1.82) is 0 Å². The maximum absolute atomic E-state index is 11.3. The Morgan fingerprint density at radius 2 is 1.93 bits per heavy atom. The quantitative estimate of drug-likeness (QED) is 0.836. The standard InChI is InChI=1S/C21H31N3O4/c1-26-21(25)22-17-7-5-16(6-8-17)9-10-23-11-13-24(14-12-23)18-3-2-4-19-20(18)28-15-27-19/h2-4,16-17H,5-15H2,1H3,(H,22,25). The first-order chi connectivity index (χ1) is 13.7. The molecule has 1 amide bonds. The molecule has 0 aromatic heterocycles. The average Bonchev–Trinajstić information content (AvgIpc) is 3.22. The van der Waals surface area contributed by atoms with Gasteiger partial charge in [0, 0.05) is 32.2 Å². The summed E-state index contributed by atoms with van der Waals surface area (Å²) >= 11 is 0. The highest BCUT2D eigenvalue weighted by molar-refractivity contribution is 5.67. The van der Waals surface area contributed by atoms with Gasteiger partial charge in [-0.1, -0.05) is 6.07 Å². The molecule has 4 rings (SSSR count). The van der Waals surface area contributed by atoms with Gasteiger partial charge >= 0.3 is 6.09 Å². The van der Waals surface area contributed by atoms with Crippen LogP contribution >= 0.6 is 0 Å². The van der Waals surface area contributed by atoms with Gasteiger partial charge in [-0.25, -0.2) is 4.79 Å². The number of benzene rings is 1. The van der Waals surface area contributed by atoms with Crippen molar-refractivity contribution < 1.29 is 19.0 Å². The number of para-hydroxylation sites is 1. The van der Waals surface area contributed by atoms with Gasteiger partial charge in [0.05, 0.1) is 12.8 Å². The molecule has 7 heteroatoms. The lowest BCUT2D eigenvalue weighted by atomic mass is 9.84. The van der Waals surface area contributed by atoms with E-state index >= 15 is 0 Å². The van der Waals surface area contributed by atoms with Crippen molar-refractivity contribution in [3.63, 3.8) is 0 Å². The minimum atomic E-state index is -0.303.